The maximum atomic E-state index is 11.9. The second-order valence-corrected chi connectivity index (χ2v) is 4.34. The van der Waals surface area contributed by atoms with Crippen molar-refractivity contribution in [3.8, 4) is 0 Å². The Bertz CT molecular complexity index is 358. The maximum Gasteiger partial charge on any atom is 0.242 e. The lowest BCUT2D eigenvalue weighted by Crippen LogP contribution is -2.45. The zero-order valence-corrected chi connectivity index (χ0v) is 10.7. The predicted molar refractivity (Wildman–Crippen MR) is 70.3 cm³/mol. The Labute approximate surface area is 108 Å². The highest BCUT2D eigenvalue weighted by Gasteiger charge is 2.24. The molecule has 2 heterocycles. The fourth-order valence-corrected chi connectivity index (χ4v) is 1.96. The third-order valence-electron chi connectivity index (χ3n) is 2.90. The molecule has 17 heavy (non-hydrogen) atoms. The fourth-order valence-electron chi connectivity index (χ4n) is 1.96. The van der Waals surface area contributed by atoms with Crippen molar-refractivity contribution in [1.82, 2.24) is 10.3 Å². The summed E-state index contributed by atoms with van der Waals surface area (Å²) < 4.78 is 0. The summed E-state index contributed by atoms with van der Waals surface area (Å²) >= 11 is 0. The summed E-state index contributed by atoms with van der Waals surface area (Å²) in [6.07, 6.45) is 3.72. The molecule has 2 N–H and O–H groups in total. The van der Waals surface area contributed by atoms with E-state index in [1.54, 1.807) is 12.3 Å². The number of nitrogens with zero attached hydrogens (tertiary/aromatic N) is 1. The van der Waals surface area contributed by atoms with Crippen LogP contribution in [0.25, 0.3) is 0 Å². The first-order valence-electron chi connectivity index (χ1n) is 5.71. The van der Waals surface area contributed by atoms with Gasteiger partial charge in [0.05, 0.1) is 6.04 Å². The van der Waals surface area contributed by atoms with Gasteiger partial charge in [-0.15, -0.1) is 12.4 Å². The van der Waals surface area contributed by atoms with Crippen LogP contribution in [0.3, 0.4) is 0 Å². The molecule has 1 aliphatic rings. The summed E-state index contributed by atoms with van der Waals surface area (Å²) in [4.78, 5) is 16.0. The van der Waals surface area contributed by atoms with E-state index in [1.165, 1.54) is 0 Å². The van der Waals surface area contributed by atoms with Gasteiger partial charge in [-0.2, -0.15) is 0 Å². The molecule has 0 radical (unpaired) electrons. The largest absolute Gasteiger partial charge is 0.309 e. The van der Waals surface area contributed by atoms with Gasteiger partial charge in [-0.25, -0.2) is 4.98 Å². The van der Waals surface area contributed by atoms with Gasteiger partial charge in [0.25, 0.3) is 0 Å². The molecule has 2 unspecified atom stereocenters. The van der Waals surface area contributed by atoms with Crippen LogP contribution in [0, 0.1) is 5.92 Å². The number of piperidine rings is 1. The molecule has 1 aromatic rings. The molecule has 0 aliphatic carbocycles. The summed E-state index contributed by atoms with van der Waals surface area (Å²) in [6.45, 7) is 3.10. The van der Waals surface area contributed by atoms with E-state index in [9.17, 15) is 4.79 Å². The second kappa shape index (κ2) is 6.57. The van der Waals surface area contributed by atoms with E-state index in [4.69, 9.17) is 0 Å². The third kappa shape index (κ3) is 3.98. The molecular weight excluding hydrogens is 238 g/mol. The number of halogens is 1. The summed E-state index contributed by atoms with van der Waals surface area (Å²) in [6, 6.07) is 5.41. The van der Waals surface area contributed by atoms with Crippen molar-refractivity contribution in [2.24, 2.45) is 5.92 Å². The SMILES string of the molecule is CC1CCNC(C(=O)Nc2ccccn2)C1.Cl. The second-order valence-electron chi connectivity index (χ2n) is 4.34. The molecule has 1 fully saturated rings. The molecule has 2 atom stereocenters. The van der Waals surface area contributed by atoms with Crippen LogP contribution >= 0.6 is 12.4 Å². The van der Waals surface area contributed by atoms with E-state index < -0.39 is 0 Å². The van der Waals surface area contributed by atoms with Crippen molar-refractivity contribution < 1.29 is 4.79 Å². The van der Waals surface area contributed by atoms with Crippen molar-refractivity contribution in [3.63, 3.8) is 0 Å². The normalized spacial score (nSPS) is 23.6. The molecule has 0 spiro atoms. The monoisotopic (exact) mass is 255 g/mol. The molecule has 1 aromatic heterocycles. The third-order valence-corrected chi connectivity index (χ3v) is 2.90. The number of carbonyl (C=O) groups excluding carboxylic acids is 1. The van der Waals surface area contributed by atoms with Gasteiger partial charge in [-0.05, 0) is 37.4 Å². The number of hydrogen-bond donors (Lipinski definition) is 2. The van der Waals surface area contributed by atoms with E-state index in [2.05, 4.69) is 22.5 Å². The lowest BCUT2D eigenvalue weighted by Gasteiger charge is -2.26. The van der Waals surface area contributed by atoms with Crippen molar-refractivity contribution in [3.05, 3.63) is 24.4 Å². The Kier molecular flexibility index (Phi) is 5.38. The maximum absolute atomic E-state index is 11.9. The average Bonchev–Trinajstić information content (AvgIpc) is 2.30. The van der Waals surface area contributed by atoms with Crippen LogP contribution in [-0.4, -0.2) is 23.5 Å². The van der Waals surface area contributed by atoms with E-state index in [1.807, 2.05) is 12.1 Å². The van der Waals surface area contributed by atoms with Crippen LogP contribution in [-0.2, 0) is 4.79 Å². The van der Waals surface area contributed by atoms with Crippen molar-refractivity contribution in [2.45, 2.75) is 25.8 Å². The highest BCUT2D eigenvalue weighted by atomic mass is 35.5. The smallest absolute Gasteiger partial charge is 0.242 e. The molecular formula is C12H18ClN3O. The predicted octanol–water partition coefficient (Wildman–Crippen LogP) is 1.83. The van der Waals surface area contributed by atoms with Gasteiger partial charge < -0.3 is 10.6 Å². The number of hydrogen-bond acceptors (Lipinski definition) is 3. The first kappa shape index (κ1) is 13.9. The van der Waals surface area contributed by atoms with Gasteiger partial charge in [-0.3, -0.25) is 4.79 Å². The Morgan fingerprint density at radius 3 is 3.00 bits per heavy atom. The Hall–Kier alpha value is -1.13. The van der Waals surface area contributed by atoms with Gasteiger partial charge in [0.2, 0.25) is 5.91 Å². The van der Waals surface area contributed by atoms with E-state index >= 15 is 0 Å². The van der Waals surface area contributed by atoms with Crippen LogP contribution in [0.5, 0.6) is 0 Å². The highest BCUT2D eigenvalue weighted by molar-refractivity contribution is 5.94. The summed E-state index contributed by atoms with van der Waals surface area (Å²) in [7, 11) is 0. The molecule has 4 nitrogen and oxygen atoms in total. The Morgan fingerprint density at radius 2 is 2.35 bits per heavy atom. The number of pyridine rings is 1. The number of rotatable bonds is 2. The van der Waals surface area contributed by atoms with Gasteiger partial charge in [0.1, 0.15) is 5.82 Å². The first-order chi connectivity index (χ1) is 7.75. The van der Waals surface area contributed by atoms with Gasteiger partial charge in [-0.1, -0.05) is 13.0 Å². The Balaban J connectivity index is 0.00000144. The van der Waals surface area contributed by atoms with E-state index in [-0.39, 0.29) is 24.4 Å². The molecule has 94 valence electrons. The van der Waals surface area contributed by atoms with Crippen LogP contribution in [0.2, 0.25) is 0 Å². The van der Waals surface area contributed by atoms with Gasteiger partial charge in [0, 0.05) is 6.20 Å². The minimum Gasteiger partial charge on any atom is -0.309 e. The van der Waals surface area contributed by atoms with Crippen molar-refractivity contribution in [1.29, 1.82) is 0 Å². The topological polar surface area (TPSA) is 54.0 Å². The highest BCUT2D eigenvalue weighted by Crippen LogP contribution is 2.16. The molecule has 1 amide bonds. The van der Waals surface area contributed by atoms with Gasteiger partial charge >= 0.3 is 0 Å². The molecule has 2 rings (SSSR count). The molecule has 5 heteroatoms. The molecule has 0 saturated carbocycles. The van der Waals surface area contributed by atoms with E-state index in [0.717, 1.165) is 19.4 Å². The quantitative estimate of drug-likeness (QED) is 0.848. The standard InChI is InChI=1S/C12H17N3O.ClH/c1-9-5-7-13-10(8-9)12(16)15-11-4-2-3-6-14-11;/h2-4,6,9-10,13H,5,7-8H2,1H3,(H,14,15,16);1H. The van der Waals surface area contributed by atoms with Crippen LogP contribution in [0.15, 0.2) is 24.4 Å². The van der Waals surface area contributed by atoms with Crippen molar-refractivity contribution >= 4 is 24.1 Å². The lowest BCUT2D eigenvalue weighted by atomic mass is 9.94. The number of nitrogens with one attached hydrogen (secondary N) is 2. The first-order valence-corrected chi connectivity index (χ1v) is 5.71. The van der Waals surface area contributed by atoms with E-state index in [0.29, 0.717) is 11.7 Å². The minimum absolute atomic E-state index is 0. The van der Waals surface area contributed by atoms with Crippen molar-refractivity contribution in [2.75, 3.05) is 11.9 Å². The van der Waals surface area contributed by atoms with Crippen LogP contribution in [0.1, 0.15) is 19.8 Å². The lowest BCUT2D eigenvalue weighted by molar-refractivity contribution is -0.119. The Morgan fingerprint density at radius 1 is 1.53 bits per heavy atom. The van der Waals surface area contributed by atoms with Crippen LogP contribution in [0.4, 0.5) is 5.82 Å². The average molecular weight is 256 g/mol. The number of anilines is 1. The van der Waals surface area contributed by atoms with Crippen LogP contribution < -0.4 is 10.6 Å². The zero-order chi connectivity index (χ0) is 11.4. The number of amides is 1. The molecule has 1 aliphatic heterocycles. The summed E-state index contributed by atoms with van der Waals surface area (Å²) in [5, 5.41) is 6.05. The number of carbonyl (C=O) groups is 1. The fraction of sp³-hybridized carbons (Fsp3) is 0.500. The van der Waals surface area contributed by atoms with Gasteiger partial charge in [0.15, 0.2) is 0 Å². The molecule has 0 aromatic carbocycles. The molecule has 1 saturated heterocycles. The summed E-state index contributed by atoms with van der Waals surface area (Å²) in [5.41, 5.74) is 0. The zero-order valence-electron chi connectivity index (χ0n) is 9.85. The molecule has 0 bridgehead atoms. The summed E-state index contributed by atoms with van der Waals surface area (Å²) in [5.74, 6) is 1.25. The minimum atomic E-state index is -0.0780. The number of aromatic nitrogens is 1.